The highest BCUT2D eigenvalue weighted by Gasteiger charge is 2.31. The number of carbonyl (C=O) groups excluding carboxylic acids is 1. The average Bonchev–Trinajstić information content (AvgIpc) is 2.64. The Morgan fingerprint density at radius 2 is 2.10 bits per heavy atom. The van der Waals surface area contributed by atoms with Gasteiger partial charge in [-0.25, -0.2) is 0 Å². The third kappa shape index (κ3) is 3.55. The number of rotatable bonds is 5. The number of hydrogen-bond donors (Lipinski definition) is 1. The zero-order valence-corrected chi connectivity index (χ0v) is 12.9. The lowest BCUT2D eigenvalue weighted by Crippen LogP contribution is -2.30. The van der Waals surface area contributed by atoms with E-state index in [2.05, 4.69) is 11.4 Å². The molecule has 0 aliphatic carbocycles. The van der Waals surface area contributed by atoms with Crippen LogP contribution in [0.4, 0.5) is 0 Å². The van der Waals surface area contributed by atoms with Gasteiger partial charge in [0.15, 0.2) is 5.11 Å². The highest BCUT2D eigenvalue weighted by atomic mass is 32.1. The number of nitrogens with zero attached hydrogens (tertiary/aromatic N) is 1. The molecule has 1 fully saturated rings. The summed E-state index contributed by atoms with van der Waals surface area (Å²) < 4.78 is 5.59. The molecular weight excluding hydrogens is 272 g/mol. The zero-order chi connectivity index (χ0) is 14.7. The average molecular weight is 292 g/mol. The van der Waals surface area contributed by atoms with Gasteiger partial charge in [0, 0.05) is 0 Å². The van der Waals surface area contributed by atoms with E-state index in [0.717, 1.165) is 11.1 Å². The molecule has 0 radical (unpaired) electrons. The van der Waals surface area contributed by atoms with Gasteiger partial charge in [0.1, 0.15) is 6.04 Å². The van der Waals surface area contributed by atoms with Crippen LogP contribution in [0.3, 0.4) is 0 Å². The predicted octanol–water partition coefficient (Wildman–Crippen LogP) is 2.22. The third-order valence-electron chi connectivity index (χ3n) is 3.14. The second kappa shape index (κ2) is 6.33. The molecule has 0 aromatic heterocycles. The summed E-state index contributed by atoms with van der Waals surface area (Å²) >= 11 is 5.18. The first kappa shape index (κ1) is 14.9. The van der Waals surface area contributed by atoms with Crippen LogP contribution >= 0.6 is 12.2 Å². The van der Waals surface area contributed by atoms with Gasteiger partial charge in [-0.3, -0.25) is 9.69 Å². The van der Waals surface area contributed by atoms with Gasteiger partial charge >= 0.3 is 0 Å². The standard InChI is InChI=1S/C15H20N2O2S/c1-10(2)19-9-13-6-4-5-12(7-13)8-17-14(18)11(3)16-15(17)20/h4-7,10-11H,8-9H2,1-3H3,(H,16,20)/t11-/m0/s1. The minimum Gasteiger partial charge on any atom is -0.374 e. The highest BCUT2D eigenvalue weighted by molar-refractivity contribution is 7.80. The van der Waals surface area contributed by atoms with Crippen molar-refractivity contribution < 1.29 is 9.53 Å². The Labute approximate surface area is 125 Å². The quantitative estimate of drug-likeness (QED) is 0.845. The SMILES string of the molecule is CC(C)OCc1cccc(CN2C(=O)[C@H](C)NC2=S)c1. The molecule has 0 spiro atoms. The number of thiocarbonyl (C=S) groups is 1. The van der Waals surface area contributed by atoms with Gasteiger partial charge in [0.2, 0.25) is 0 Å². The monoisotopic (exact) mass is 292 g/mol. The van der Waals surface area contributed by atoms with Crippen molar-refractivity contribution in [3.05, 3.63) is 35.4 Å². The molecule has 0 saturated carbocycles. The van der Waals surface area contributed by atoms with E-state index in [4.69, 9.17) is 17.0 Å². The van der Waals surface area contributed by atoms with Crippen LogP contribution in [0.15, 0.2) is 24.3 Å². The predicted molar refractivity (Wildman–Crippen MR) is 82.1 cm³/mol. The summed E-state index contributed by atoms with van der Waals surface area (Å²) in [7, 11) is 0. The van der Waals surface area contributed by atoms with Crippen molar-refractivity contribution in [1.82, 2.24) is 10.2 Å². The molecule has 0 unspecified atom stereocenters. The van der Waals surface area contributed by atoms with E-state index in [1.54, 1.807) is 4.90 Å². The van der Waals surface area contributed by atoms with E-state index in [9.17, 15) is 4.79 Å². The lowest BCUT2D eigenvalue weighted by atomic mass is 10.1. The van der Waals surface area contributed by atoms with Crippen molar-refractivity contribution in [1.29, 1.82) is 0 Å². The number of hydrogen-bond acceptors (Lipinski definition) is 3. The fourth-order valence-electron chi connectivity index (χ4n) is 2.07. The number of carbonyl (C=O) groups is 1. The molecule has 2 rings (SSSR count). The van der Waals surface area contributed by atoms with Crippen LogP contribution in [-0.4, -0.2) is 28.1 Å². The van der Waals surface area contributed by atoms with Gasteiger partial charge in [-0.05, 0) is 44.1 Å². The van der Waals surface area contributed by atoms with E-state index in [0.29, 0.717) is 18.3 Å². The van der Waals surface area contributed by atoms with Crippen LogP contribution in [-0.2, 0) is 22.7 Å². The minimum atomic E-state index is -0.227. The third-order valence-corrected chi connectivity index (χ3v) is 3.48. The van der Waals surface area contributed by atoms with Gasteiger partial charge in [0.25, 0.3) is 5.91 Å². The number of amides is 1. The summed E-state index contributed by atoms with van der Waals surface area (Å²) in [5.41, 5.74) is 2.16. The van der Waals surface area contributed by atoms with E-state index < -0.39 is 0 Å². The molecule has 0 bridgehead atoms. The summed E-state index contributed by atoms with van der Waals surface area (Å²) in [5.74, 6) is 0.0267. The van der Waals surface area contributed by atoms with Crippen LogP contribution in [0, 0.1) is 0 Å². The summed E-state index contributed by atoms with van der Waals surface area (Å²) in [6, 6.07) is 7.83. The molecule has 1 N–H and O–H groups in total. The lowest BCUT2D eigenvalue weighted by molar-refractivity contribution is -0.127. The first-order chi connectivity index (χ1) is 9.47. The van der Waals surface area contributed by atoms with E-state index in [1.165, 1.54) is 0 Å². The van der Waals surface area contributed by atoms with Crippen molar-refractivity contribution in [3.8, 4) is 0 Å². The lowest BCUT2D eigenvalue weighted by Gasteiger charge is -2.15. The Bertz CT molecular complexity index is 516. The maximum atomic E-state index is 12.0. The number of benzene rings is 1. The van der Waals surface area contributed by atoms with Gasteiger partial charge < -0.3 is 10.1 Å². The van der Waals surface area contributed by atoms with E-state index >= 15 is 0 Å². The molecule has 4 nitrogen and oxygen atoms in total. The maximum Gasteiger partial charge on any atom is 0.251 e. The molecule has 1 amide bonds. The molecule has 1 aliphatic rings. The van der Waals surface area contributed by atoms with Crippen LogP contribution in [0.25, 0.3) is 0 Å². The van der Waals surface area contributed by atoms with Crippen LogP contribution in [0.1, 0.15) is 31.9 Å². The summed E-state index contributed by atoms with van der Waals surface area (Å²) in [5, 5.41) is 3.48. The fourth-order valence-corrected chi connectivity index (χ4v) is 2.40. The Morgan fingerprint density at radius 3 is 2.70 bits per heavy atom. The van der Waals surface area contributed by atoms with Gasteiger partial charge in [0.05, 0.1) is 19.3 Å². The second-order valence-electron chi connectivity index (χ2n) is 5.28. The van der Waals surface area contributed by atoms with Crippen molar-refractivity contribution in [3.63, 3.8) is 0 Å². The van der Waals surface area contributed by atoms with Crippen molar-refractivity contribution in [2.45, 2.75) is 46.1 Å². The molecule has 1 aliphatic heterocycles. The molecule has 5 heteroatoms. The van der Waals surface area contributed by atoms with Gasteiger partial charge in [-0.15, -0.1) is 0 Å². The largest absolute Gasteiger partial charge is 0.374 e. The van der Waals surface area contributed by atoms with Gasteiger partial charge in [-0.2, -0.15) is 0 Å². The second-order valence-corrected chi connectivity index (χ2v) is 5.66. The van der Waals surface area contributed by atoms with Crippen LogP contribution in [0.5, 0.6) is 0 Å². The highest BCUT2D eigenvalue weighted by Crippen LogP contribution is 2.14. The first-order valence-electron chi connectivity index (χ1n) is 6.78. The molecular formula is C15H20N2O2S. The number of ether oxygens (including phenoxy) is 1. The molecule has 1 aromatic carbocycles. The zero-order valence-electron chi connectivity index (χ0n) is 12.1. The molecule has 20 heavy (non-hydrogen) atoms. The van der Waals surface area contributed by atoms with E-state index in [-0.39, 0.29) is 18.1 Å². The first-order valence-corrected chi connectivity index (χ1v) is 7.19. The maximum absolute atomic E-state index is 12.0. The molecule has 1 atom stereocenters. The normalized spacial score (nSPS) is 18.8. The molecule has 1 aromatic rings. The number of nitrogens with one attached hydrogen (secondary N) is 1. The fraction of sp³-hybridized carbons (Fsp3) is 0.467. The minimum absolute atomic E-state index is 0.0267. The Kier molecular flexibility index (Phi) is 4.73. The molecule has 1 saturated heterocycles. The topological polar surface area (TPSA) is 41.6 Å². The van der Waals surface area contributed by atoms with Crippen LogP contribution in [0.2, 0.25) is 0 Å². The summed E-state index contributed by atoms with van der Waals surface area (Å²) in [6.45, 7) is 6.93. The van der Waals surface area contributed by atoms with Crippen molar-refractivity contribution in [2.24, 2.45) is 0 Å². The van der Waals surface area contributed by atoms with Crippen LogP contribution < -0.4 is 5.32 Å². The molecule has 1 heterocycles. The Hall–Kier alpha value is -1.46. The van der Waals surface area contributed by atoms with Gasteiger partial charge in [-0.1, -0.05) is 24.3 Å². The Morgan fingerprint density at radius 1 is 1.40 bits per heavy atom. The van der Waals surface area contributed by atoms with Crippen molar-refractivity contribution >= 4 is 23.2 Å². The van der Waals surface area contributed by atoms with E-state index in [1.807, 2.05) is 39.0 Å². The summed E-state index contributed by atoms with van der Waals surface area (Å²) in [6.07, 6.45) is 0.205. The smallest absolute Gasteiger partial charge is 0.251 e. The Balaban J connectivity index is 2.04. The molecule has 108 valence electrons. The van der Waals surface area contributed by atoms with Crippen molar-refractivity contribution in [2.75, 3.05) is 0 Å². The summed E-state index contributed by atoms with van der Waals surface area (Å²) in [4.78, 5) is 13.6.